The number of rotatable bonds is 4. The van der Waals surface area contributed by atoms with Gasteiger partial charge in [0.05, 0.1) is 18.3 Å². The van der Waals surface area contributed by atoms with Gasteiger partial charge in [-0.1, -0.05) is 6.07 Å². The van der Waals surface area contributed by atoms with Gasteiger partial charge in [0.25, 0.3) is 5.91 Å². The van der Waals surface area contributed by atoms with Gasteiger partial charge in [0, 0.05) is 17.3 Å². The monoisotopic (exact) mass is 429 g/mol. The van der Waals surface area contributed by atoms with E-state index in [1.807, 2.05) is 0 Å². The molecule has 2 heterocycles. The van der Waals surface area contributed by atoms with Crippen molar-refractivity contribution in [3.05, 3.63) is 65.5 Å². The van der Waals surface area contributed by atoms with E-state index in [0.717, 1.165) is 4.31 Å². The molecule has 1 aliphatic heterocycles. The number of phenolic OH excluding ortho intramolecular Hbond substituents is 1. The molecule has 2 aromatic carbocycles. The molecule has 0 spiro atoms. The fourth-order valence-electron chi connectivity index (χ4n) is 3.07. The highest BCUT2D eigenvalue weighted by molar-refractivity contribution is 7.85. The molecule has 1 amide bonds. The molecule has 0 aliphatic carbocycles. The van der Waals surface area contributed by atoms with Crippen LogP contribution >= 0.6 is 0 Å². The highest BCUT2D eigenvalue weighted by atomic mass is 32.2. The molecular weight excluding hydrogens is 416 g/mol. The van der Waals surface area contributed by atoms with Crippen molar-refractivity contribution in [2.75, 3.05) is 10.8 Å². The maximum Gasteiger partial charge on any atom is 0.253 e. The molecule has 152 valence electrons. The zero-order valence-corrected chi connectivity index (χ0v) is 16.0. The van der Waals surface area contributed by atoms with E-state index < -0.39 is 34.5 Å². The van der Waals surface area contributed by atoms with Crippen molar-refractivity contribution in [3.63, 3.8) is 0 Å². The van der Waals surface area contributed by atoms with E-state index in [4.69, 9.17) is 5.26 Å². The van der Waals surface area contributed by atoms with Gasteiger partial charge in [-0.15, -0.1) is 0 Å². The van der Waals surface area contributed by atoms with Crippen LogP contribution in [-0.2, 0) is 22.5 Å². The molecule has 1 aromatic heterocycles. The number of benzene rings is 2. The van der Waals surface area contributed by atoms with Crippen LogP contribution in [0, 0.1) is 23.0 Å². The molecule has 3 aromatic rings. The number of nitriles is 1. The molecule has 4 rings (SSSR count). The molecule has 30 heavy (non-hydrogen) atoms. The molecule has 1 fully saturated rings. The summed E-state index contributed by atoms with van der Waals surface area (Å²) in [6.07, 6.45) is 2.92. The van der Waals surface area contributed by atoms with E-state index in [1.54, 1.807) is 12.1 Å². The normalized spacial score (nSPS) is 15.8. The second kappa shape index (κ2) is 7.57. The third-order valence-electron chi connectivity index (χ3n) is 4.48. The van der Waals surface area contributed by atoms with Crippen molar-refractivity contribution >= 4 is 22.8 Å². The Kier molecular flexibility index (Phi) is 4.93. The number of hydrogen-bond donors (Lipinski definition) is 2. The lowest BCUT2D eigenvalue weighted by molar-refractivity contribution is -0.117. The summed E-state index contributed by atoms with van der Waals surface area (Å²) in [4.78, 5) is 11.4. The summed E-state index contributed by atoms with van der Waals surface area (Å²) >= 11 is -2.00. The summed E-state index contributed by atoms with van der Waals surface area (Å²) in [5, 5.41) is 23.0. The summed E-state index contributed by atoms with van der Waals surface area (Å²) in [7, 11) is 0. The lowest BCUT2D eigenvalue weighted by atomic mass is 10.1. The van der Waals surface area contributed by atoms with Crippen molar-refractivity contribution in [2.24, 2.45) is 0 Å². The topological polar surface area (TPSA) is 111 Å². The first-order chi connectivity index (χ1) is 14.4. The third-order valence-corrected chi connectivity index (χ3v) is 5.59. The molecule has 8 nitrogen and oxygen atoms in total. The smallest absolute Gasteiger partial charge is 0.253 e. The van der Waals surface area contributed by atoms with Crippen LogP contribution in [0.15, 0.2) is 42.7 Å². The zero-order valence-electron chi connectivity index (χ0n) is 15.2. The molecule has 0 radical (unpaired) electrons. The van der Waals surface area contributed by atoms with Crippen LogP contribution in [-0.4, -0.2) is 31.5 Å². The van der Waals surface area contributed by atoms with Crippen molar-refractivity contribution < 1.29 is 22.9 Å². The first-order valence-corrected chi connectivity index (χ1v) is 9.70. The molecule has 1 unspecified atom stereocenters. The predicted octanol–water partition coefficient (Wildman–Crippen LogP) is 1.97. The van der Waals surface area contributed by atoms with E-state index in [1.165, 1.54) is 41.3 Å². The minimum atomic E-state index is -2.00. The fraction of sp³-hybridized carbons (Fsp3) is 0.105. The Morgan fingerprint density at radius 2 is 2.10 bits per heavy atom. The van der Waals surface area contributed by atoms with Gasteiger partial charge in [-0.3, -0.25) is 18.5 Å². The number of aromatic hydroxyl groups is 1. The van der Waals surface area contributed by atoms with Crippen molar-refractivity contribution in [2.45, 2.75) is 6.54 Å². The van der Waals surface area contributed by atoms with Gasteiger partial charge in [-0.05, 0) is 29.8 Å². The lowest BCUT2D eigenvalue weighted by Gasteiger charge is -2.17. The van der Waals surface area contributed by atoms with Gasteiger partial charge >= 0.3 is 0 Å². The van der Waals surface area contributed by atoms with Crippen LogP contribution in [0.4, 0.5) is 14.5 Å². The van der Waals surface area contributed by atoms with Crippen LogP contribution < -0.4 is 9.03 Å². The van der Waals surface area contributed by atoms with Gasteiger partial charge in [0.1, 0.15) is 29.9 Å². The van der Waals surface area contributed by atoms with Crippen LogP contribution in [0.2, 0.25) is 0 Å². The molecule has 1 aliphatic rings. The van der Waals surface area contributed by atoms with Gasteiger partial charge < -0.3 is 5.11 Å². The fourth-order valence-corrected chi connectivity index (χ4v) is 4.02. The zero-order chi connectivity index (χ0) is 21.4. The average molecular weight is 429 g/mol. The highest BCUT2D eigenvalue weighted by Crippen LogP contribution is 2.38. The van der Waals surface area contributed by atoms with E-state index in [9.17, 15) is 18.5 Å². The van der Waals surface area contributed by atoms with Gasteiger partial charge in [0.2, 0.25) is 11.2 Å². The van der Waals surface area contributed by atoms with E-state index in [-0.39, 0.29) is 29.9 Å². The van der Waals surface area contributed by atoms with Crippen molar-refractivity contribution in [1.82, 2.24) is 14.5 Å². The SMILES string of the molecule is N#Cc1ccc(Cn2cc(-c3ccc(O)c(N4CC(=O)NS4=O)c3F)cn2)cc1F. The lowest BCUT2D eigenvalue weighted by Crippen LogP contribution is -2.23. The summed E-state index contributed by atoms with van der Waals surface area (Å²) < 4.78 is 45.4. The van der Waals surface area contributed by atoms with E-state index >= 15 is 4.39 Å². The number of carbonyl (C=O) groups excluding carboxylic acids is 1. The van der Waals surface area contributed by atoms with Crippen LogP contribution in [0.25, 0.3) is 11.1 Å². The quantitative estimate of drug-likeness (QED) is 0.659. The Morgan fingerprint density at radius 1 is 1.30 bits per heavy atom. The van der Waals surface area contributed by atoms with E-state index in [2.05, 4.69) is 9.82 Å². The van der Waals surface area contributed by atoms with Crippen LogP contribution in [0.5, 0.6) is 5.75 Å². The van der Waals surface area contributed by atoms with Gasteiger partial charge in [-0.25, -0.2) is 13.0 Å². The highest BCUT2D eigenvalue weighted by Gasteiger charge is 2.32. The minimum Gasteiger partial charge on any atom is -0.506 e. The molecule has 2 N–H and O–H groups in total. The average Bonchev–Trinajstić information content (AvgIpc) is 3.28. The molecule has 1 saturated heterocycles. The number of carbonyl (C=O) groups is 1. The largest absolute Gasteiger partial charge is 0.506 e. The summed E-state index contributed by atoms with van der Waals surface area (Å²) in [5.74, 6) is -2.51. The number of nitrogens with zero attached hydrogens (tertiary/aromatic N) is 4. The Balaban J connectivity index is 1.64. The summed E-state index contributed by atoms with van der Waals surface area (Å²) in [5.41, 5.74) is 0.588. The van der Waals surface area contributed by atoms with Crippen molar-refractivity contribution in [1.29, 1.82) is 5.26 Å². The first-order valence-electron chi connectivity index (χ1n) is 8.59. The van der Waals surface area contributed by atoms with E-state index in [0.29, 0.717) is 11.1 Å². The number of nitrogens with one attached hydrogen (secondary N) is 1. The number of aromatic nitrogens is 2. The minimum absolute atomic E-state index is 0.0640. The van der Waals surface area contributed by atoms with Gasteiger partial charge in [0.15, 0.2) is 5.82 Å². The number of phenols is 1. The molecule has 0 saturated carbocycles. The van der Waals surface area contributed by atoms with Crippen LogP contribution in [0.3, 0.4) is 0 Å². The summed E-state index contributed by atoms with van der Waals surface area (Å²) in [6, 6.07) is 8.51. The summed E-state index contributed by atoms with van der Waals surface area (Å²) in [6.45, 7) is -0.173. The number of halogens is 2. The Hall–Kier alpha value is -3.78. The second-order valence-corrected chi connectivity index (χ2v) is 7.60. The number of amides is 1. The molecule has 0 bridgehead atoms. The maximum atomic E-state index is 15.2. The first kappa shape index (κ1) is 19.5. The molecule has 1 atom stereocenters. The Labute approximate surface area is 171 Å². The second-order valence-electron chi connectivity index (χ2n) is 6.46. The van der Waals surface area contributed by atoms with Gasteiger partial charge in [-0.2, -0.15) is 10.4 Å². The Bertz CT molecular complexity index is 1240. The maximum absolute atomic E-state index is 15.2. The van der Waals surface area contributed by atoms with Crippen molar-refractivity contribution in [3.8, 4) is 22.9 Å². The Morgan fingerprint density at radius 3 is 2.77 bits per heavy atom. The number of hydrogen-bond acceptors (Lipinski definition) is 5. The number of anilines is 1. The predicted molar refractivity (Wildman–Crippen MR) is 103 cm³/mol. The standard InChI is InChI=1S/C19H13F2N5O3S/c20-15-5-11(1-2-12(15)6-22)8-25-9-13(7-23-25)14-3-4-16(27)19(18(14)21)26-10-17(28)24-30(26)29/h1-5,7,9,27H,8,10H2,(H,24,28). The molecule has 11 heteroatoms. The molecular formula is C19H13F2N5O3S. The third kappa shape index (κ3) is 3.48. The van der Waals surface area contributed by atoms with Crippen LogP contribution in [0.1, 0.15) is 11.1 Å².